The van der Waals surface area contributed by atoms with E-state index in [0.29, 0.717) is 71.5 Å². The first-order valence-corrected chi connectivity index (χ1v) is 14.0. The van der Waals surface area contributed by atoms with Gasteiger partial charge in [0.05, 0.1) is 11.8 Å². The summed E-state index contributed by atoms with van der Waals surface area (Å²) in [5, 5.41) is 18.5. The highest BCUT2D eigenvalue weighted by molar-refractivity contribution is 5.80. The molecule has 5 aromatic rings. The zero-order valence-electron chi connectivity index (χ0n) is 22.9. The number of aromatic nitrogens is 6. The van der Waals surface area contributed by atoms with Gasteiger partial charge in [-0.05, 0) is 61.8 Å². The average Bonchev–Trinajstić information content (AvgIpc) is 3.57. The number of H-pyrrole nitrogens is 1. The SMILES string of the molecule is CCCc1c(Cc2ccc(-c3ccccc3-c3noc(=O)[nH]3)cc2F)c(=O)n(C2CCC(O)CC2)c2nc(C)nn12. The molecule has 212 valence electrons. The van der Waals surface area contributed by atoms with E-state index in [-0.39, 0.29) is 30.0 Å². The number of hydrogen-bond donors (Lipinski definition) is 2. The summed E-state index contributed by atoms with van der Waals surface area (Å²) in [5.41, 5.74) is 3.32. The maximum absolute atomic E-state index is 15.8. The molecule has 2 aromatic carbocycles. The van der Waals surface area contributed by atoms with Crippen molar-refractivity contribution in [3.8, 4) is 22.5 Å². The number of rotatable bonds is 7. The molecule has 0 radical (unpaired) electrons. The van der Waals surface area contributed by atoms with Crippen LogP contribution in [0.1, 0.15) is 67.7 Å². The summed E-state index contributed by atoms with van der Waals surface area (Å²) >= 11 is 0. The molecule has 0 atom stereocenters. The van der Waals surface area contributed by atoms with Crippen LogP contribution in [0.3, 0.4) is 0 Å². The Balaban J connectivity index is 1.43. The second-order valence-electron chi connectivity index (χ2n) is 10.7. The van der Waals surface area contributed by atoms with Crippen LogP contribution in [-0.4, -0.2) is 40.5 Å². The topological polar surface area (TPSA) is 131 Å². The molecule has 3 aromatic heterocycles. The number of nitrogens with one attached hydrogen (secondary N) is 1. The minimum atomic E-state index is -0.672. The van der Waals surface area contributed by atoms with Gasteiger partial charge in [0.25, 0.3) is 5.56 Å². The summed E-state index contributed by atoms with van der Waals surface area (Å²) in [6.07, 6.45) is 3.66. The highest BCUT2D eigenvalue weighted by Gasteiger charge is 2.28. The van der Waals surface area contributed by atoms with E-state index in [9.17, 15) is 14.7 Å². The number of nitrogens with zero attached hydrogens (tertiary/aromatic N) is 5. The van der Waals surface area contributed by atoms with E-state index in [1.54, 1.807) is 40.3 Å². The van der Waals surface area contributed by atoms with E-state index in [1.165, 1.54) is 6.07 Å². The van der Waals surface area contributed by atoms with Gasteiger partial charge in [-0.2, -0.15) is 10.1 Å². The van der Waals surface area contributed by atoms with Crippen LogP contribution in [-0.2, 0) is 12.8 Å². The minimum Gasteiger partial charge on any atom is -0.393 e. The number of aromatic amines is 1. The lowest BCUT2D eigenvalue weighted by Crippen LogP contribution is -2.34. The second-order valence-corrected chi connectivity index (χ2v) is 10.7. The van der Waals surface area contributed by atoms with Crippen LogP contribution in [0.4, 0.5) is 4.39 Å². The third-order valence-corrected chi connectivity index (χ3v) is 7.86. The van der Waals surface area contributed by atoms with Gasteiger partial charge in [0.15, 0.2) is 5.82 Å². The van der Waals surface area contributed by atoms with Gasteiger partial charge in [-0.3, -0.25) is 18.9 Å². The predicted molar refractivity (Wildman–Crippen MR) is 150 cm³/mol. The van der Waals surface area contributed by atoms with Crippen molar-refractivity contribution in [2.75, 3.05) is 0 Å². The molecule has 0 saturated heterocycles. The highest BCUT2D eigenvalue weighted by atomic mass is 19.1. The summed E-state index contributed by atoms with van der Waals surface area (Å²) in [6, 6.07) is 12.0. The zero-order valence-corrected chi connectivity index (χ0v) is 22.9. The molecular formula is C30H31FN6O4. The Morgan fingerprint density at radius 3 is 2.54 bits per heavy atom. The van der Waals surface area contributed by atoms with Gasteiger partial charge in [0.1, 0.15) is 11.6 Å². The number of fused-ring (bicyclic) bond motifs is 1. The lowest BCUT2D eigenvalue weighted by molar-refractivity contribution is 0.110. The van der Waals surface area contributed by atoms with Crippen LogP contribution in [0.25, 0.3) is 28.3 Å². The first-order valence-electron chi connectivity index (χ1n) is 14.0. The van der Waals surface area contributed by atoms with E-state index >= 15 is 4.39 Å². The fourth-order valence-electron chi connectivity index (χ4n) is 5.88. The Morgan fingerprint density at radius 1 is 1.10 bits per heavy atom. The maximum atomic E-state index is 15.8. The molecule has 1 aliphatic rings. The zero-order chi connectivity index (χ0) is 28.7. The van der Waals surface area contributed by atoms with Gasteiger partial charge in [-0.15, -0.1) is 0 Å². The quantitative estimate of drug-likeness (QED) is 0.303. The molecule has 41 heavy (non-hydrogen) atoms. The van der Waals surface area contributed by atoms with Crippen LogP contribution in [0.5, 0.6) is 0 Å². The van der Waals surface area contributed by atoms with Crippen molar-refractivity contribution in [1.82, 2.24) is 29.3 Å². The summed E-state index contributed by atoms with van der Waals surface area (Å²) < 4.78 is 23.9. The fraction of sp³-hybridized carbons (Fsp3) is 0.367. The molecule has 10 nitrogen and oxygen atoms in total. The lowest BCUT2D eigenvalue weighted by atomic mass is 9.92. The van der Waals surface area contributed by atoms with Gasteiger partial charge in [-0.1, -0.05) is 54.9 Å². The number of benzene rings is 2. The Morgan fingerprint density at radius 2 is 1.85 bits per heavy atom. The molecule has 1 fully saturated rings. The molecule has 11 heteroatoms. The van der Waals surface area contributed by atoms with Crippen LogP contribution < -0.4 is 11.3 Å². The van der Waals surface area contributed by atoms with Crippen molar-refractivity contribution in [1.29, 1.82) is 0 Å². The molecule has 0 bridgehead atoms. The molecule has 0 aliphatic heterocycles. The van der Waals surface area contributed by atoms with Gasteiger partial charge in [0.2, 0.25) is 5.78 Å². The maximum Gasteiger partial charge on any atom is 0.439 e. The van der Waals surface area contributed by atoms with Crippen molar-refractivity contribution in [3.05, 3.63) is 91.8 Å². The van der Waals surface area contributed by atoms with Gasteiger partial charge >= 0.3 is 5.76 Å². The van der Waals surface area contributed by atoms with E-state index < -0.39 is 11.6 Å². The van der Waals surface area contributed by atoms with Crippen LogP contribution in [0, 0.1) is 12.7 Å². The molecule has 1 saturated carbocycles. The summed E-state index contributed by atoms with van der Waals surface area (Å²) in [7, 11) is 0. The molecule has 2 N–H and O–H groups in total. The molecule has 3 heterocycles. The molecule has 0 unspecified atom stereocenters. The first kappa shape index (κ1) is 26.8. The Kier molecular flexibility index (Phi) is 7.12. The number of aliphatic hydroxyl groups excluding tert-OH is 1. The standard InChI is InChI=1S/C30H31FN6O4/c1-3-6-26-24(28(39)36(20-11-13-21(38)14-12-20)29-32-17(2)34-37(26)29)15-19-10-9-18(16-25(19)31)22-7-4-5-8-23(22)27-33-30(40)41-35-27/h4-5,7-10,16,20-21,38H,3,6,11-15H2,1-2H3,(H,33,35,40). The third kappa shape index (κ3) is 5.01. The molecule has 1 aliphatic carbocycles. The van der Waals surface area contributed by atoms with Crippen molar-refractivity contribution in [3.63, 3.8) is 0 Å². The van der Waals surface area contributed by atoms with Crippen LogP contribution in [0.15, 0.2) is 56.6 Å². The number of halogens is 1. The van der Waals surface area contributed by atoms with E-state index in [1.807, 2.05) is 19.1 Å². The Hall–Kier alpha value is -4.38. The number of aliphatic hydroxyl groups is 1. The highest BCUT2D eigenvalue weighted by Crippen LogP contribution is 2.32. The largest absolute Gasteiger partial charge is 0.439 e. The minimum absolute atomic E-state index is 0.0999. The summed E-state index contributed by atoms with van der Waals surface area (Å²) in [6.45, 7) is 3.83. The first-order chi connectivity index (χ1) is 19.8. The molecule has 6 rings (SSSR count). The van der Waals surface area contributed by atoms with Crippen molar-refractivity contribution < 1.29 is 14.0 Å². The fourth-order valence-corrected chi connectivity index (χ4v) is 5.88. The molecule has 0 amide bonds. The van der Waals surface area contributed by atoms with Gasteiger partial charge in [-0.25, -0.2) is 13.7 Å². The lowest BCUT2D eigenvalue weighted by Gasteiger charge is -2.28. The number of hydrogen-bond acceptors (Lipinski definition) is 7. The van der Waals surface area contributed by atoms with Crippen molar-refractivity contribution in [2.45, 2.75) is 70.9 Å². The normalized spacial score (nSPS) is 17.4. The molecular weight excluding hydrogens is 527 g/mol. The Bertz CT molecular complexity index is 1840. The Labute approximate surface area is 234 Å². The van der Waals surface area contributed by atoms with Crippen LogP contribution in [0.2, 0.25) is 0 Å². The smallest absolute Gasteiger partial charge is 0.393 e. The third-order valence-electron chi connectivity index (χ3n) is 7.86. The van der Waals surface area contributed by atoms with Gasteiger partial charge < -0.3 is 5.11 Å². The van der Waals surface area contributed by atoms with E-state index in [0.717, 1.165) is 12.1 Å². The van der Waals surface area contributed by atoms with Crippen molar-refractivity contribution in [2.24, 2.45) is 0 Å². The van der Waals surface area contributed by atoms with Crippen molar-refractivity contribution >= 4 is 5.78 Å². The predicted octanol–water partition coefficient (Wildman–Crippen LogP) is 4.37. The average molecular weight is 559 g/mol. The summed E-state index contributed by atoms with van der Waals surface area (Å²) in [5.74, 6) is 0.195. The molecule has 0 spiro atoms. The van der Waals surface area contributed by atoms with Gasteiger partial charge in [0, 0.05) is 23.6 Å². The number of aryl methyl sites for hydroxylation is 2. The van der Waals surface area contributed by atoms with E-state index in [2.05, 4.69) is 24.7 Å². The monoisotopic (exact) mass is 558 g/mol. The van der Waals surface area contributed by atoms with Crippen LogP contribution >= 0.6 is 0 Å². The second kappa shape index (κ2) is 10.9. The van der Waals surface area contributed by atoms with E-state index in [4.69, 9.17) is 0 Å². The summed E-state index contributed by atoms with van der Waals surface area (Å²) in [4.78, 5) is 32.8.